The molecule has 3 rings (SSSR count). The summed E-state index contributed by atoms with van der Waals surface area (Å²) in [4.78, 5) is 2.31. The summed E-state index contributed by atoms with van der Waals surface area (Å²) < 4.78 is 0. The van der Waals surface area contributed by atoms with Gasteiger partial charge in [-0.1, -0.05) is 12.1 Å². The number of phenols is 1. The number of nitrogens with zero attached hydrogens (tertiary/aromatic N) is 1. The number of hydrogen-bond acceptors (Lipinski definition) is 3. The molecule has 0 unspecified atom stereocenters. The van der Waals surface area contributed by atoms with E-state index in [0.29, 0.717) is 11.6 Å². The molecule has 0 aliphatic carbocycles. The molecule has 4 heteroatoms. The maximum absolute atomic E-state index is 10.4. The molecule has 0 saturated carbocycles. The molecule has 0 saturated heterocycles. The lowest BCUT2D eigenvalue weighted by Crippen LogP contribution is -2.40. The minimum absolute atomic E-state index is 0.0286. The first-order chi connectivity index (χ1) is 9.84. The fourth-order valence-electron chi connectivity index (χ4n) is 3.31. The number of nitrogens with two attached hydrogens (primary N) is 1. The van der Waals surface area contributed by atoms with Crippen molar-refractivity contribution in [1.82, 2.24) is 0 Å². The summed E-state index contributed by atoms with van der Waals surface area (Å²) in [5.41, 5.74) is 9.09. The van der Waals surface area contributed by atoms with Crippen LogP contribution in [-0.2, 0) is 0 Å². The molecule has 3 nitrogen and oxygen atoms in total. The molecule has 0 fully saturated rings. The molecule has 2 aromatic rings. The Kier molecular flexibility index (Phi) is 3.21. The minimum atomic E-state index is -0.0286. The zero-order valence-electron chi connectivity index (χ0n) is 12.7. The zero-order chi connectivity index (χ0) is 15.4. The summed E-state index contributed by atoms with van der Waals surface area (Å²) in [5.74, 6) is 1.06. The number of hydrogen-bond donors (Lipinski definition) is 2. The van der Waals surface area contributed by atoms with Crippen LogP contribution in [0.2, 0.25) is 0 Å². The predicted molar refractivity (Wildman–Crippen MR) is 90.6 cm³/mol. The molecule has 0 radical (unpaired) electrons. The van der Waals surface area contributed by atoms with Gasteiger partial charge in [-0.3, -0.25) is 0 Å². The van der Waals surface area contributed by atoms with Gasteiger partial charge in [0.15, 0.2) is 0 Å². The average Bonchev–Trinajstić information content (AvgIpc) is 2.77. The van der Waals surface area contributed by atoms with Gasteiger partial charge in [-0.2, -0.15) is 0 Å². The number of nitrogen functional groups attached to an aromatic ring is 1. The number of fused-ring (bicyclic) bond motifs is 3. The number of phenolic OH excluding ortho intramolecular Hbond substituents is 1. The van der Waals surface area contributed by atoms with Crippen LogP contribution in [0.1, 0.15) is 32.3 Å². The van der Waals surface area contributed by atoms with Gasteiger partial charge < -0.3 is 15.7 Å². The molecule has 0 spiro atoms. The fraction of sp³-hybridized carbons (Fsp3) is 0.412. The van der Waals surface area contributed by atoms with E-state index in [1.165, 1.54) is 5.56 Å². The van der Waals surface area contributed by atoms with Gasteiger partial charge in [-0.25, -0.2) is 0 Å². The lowest BCUT2D eigenvalue weighted by Gasteiger charge is -2.35. The summed E-state index contributed by atoms with van der Waals surface area (Å²) in [5, 5.41) is 12.1. The molecule has 3 N–H and O–H groups in total. The predicted octanol–water partition coefficient (Wildman–Crippen LogP) is 4.07. The Labute approximate surface area is 130 Å². The Morgan fingerprint density at radius 1 is 1.38 bits per heavy atom. The normalized spacial score (nSPS) is 18.3. The van der Waals surface area contributed by atoms with Crippen LogP contribution in [0.25, 0.3) is 10.8 Å². The highest BCUT2D eigenvalue weighted by Crippen LogP contribution is 2.48. The third kappa shape index (κ3) is 2.11. The topological polar surface area (TPSA) is 49.5 Å². The van der Waals surface area contributed by atoms with Crippen LogP contribution in [0.3, 0.4) is 0 Å². The van der Waals surface area contributed by atoms with Crippen molar-refractivity contribution in [2.75, 3.05) is 23.1 Å². The summed E-state index contributed by atoms with van der Waals surface area (Å²) in [7, 11) is 0. The van der Waals surface area contributed by atoms with E-state index in [9.17, 15) is 5.11 Å². The fourth-order valence-corrected chi connectivity index (χ4v) is 3.56. The lowest BCUT2D eigenvalue weighted by atomic mass is 9.94. The molecule has 2 aromatic carbocycles. The average molecular weight is 305 g/mol. The SMILES string of the molecule is CC(C)(C)N1C[C@@H](CCl)c2c1cc(O)c1cccc(N)c21. The summed E-state index contributed by atoms with van der Waals surface area (Å²) >= 11 is 6.21. The highest BCUT2D eigenvalue weighted by molar-refractivity contribution is 6.19. The van der Waals surface area contributed by atoms with Gasteiger partial charge in [-0.15, -0.1) is 11.6 Å². The van der Waals surface area contributed by atoms with E-state index in [2.05, 4.69) is 25.7 Å². The van der Waals surface area contributed by atoms with Crippen molar-refractivity contribution < 1.29 is 5.11 Å². The summed E-state index contributed by atoms with van der Waals surface area (Å²) in [6.07, 6.45) is 0. The van der Waals surface area contributed by atoms with E-state index in [1.54, 1.807) is 0 Å². The molecule has 0 aromatic heterocycles. The van der Waals surface area contributed by atoms with E-state index >= 15 is 0 Å². The Morgan fingerprint density at radius 3 is 2.71 bits per heavy atom. The first-order valence-corrected chi connectivity index (χ1v) is 7.75. The Balaban J connectivity index is 2.37. The molecule has 21 heavy (non-hydrogen) atoms. The number of aromatic hydroxyl groups is 1. The number of alkyl halides is 1. The van der Waals surface area contributed by atoms with Crippen molar-refractivity contribution in [2.24, 2.45) is 0 Å². The number of halogens is 1. The molecule has 112 valence electrons. The van der Waals surface area contributed by atoms with E-state index in [0.717, 1.165) is 23.0 Å². The number of anilines is 2. The van der Waals surface area contributed by atoms with Crippen LogP contribution in [0.5, 0.6) is 5.75 Å². The van der Waals surface area contributed by atoms with Crippen molar-refractivity contribution in [3.8, 4) is 5.75 Å². The van der Waals surface area contributed by atoms with Crippen molar-refractivity contribution in [2.45, 2.75) is 32.2 Å². The molecule has 1 atom stereocenters. The standard InChI is InChI=1S/C17H21ClN2O/c1-17(2,3)20-9-10(8-18)15-13(20)7-14(21)11-5-4-6-12(19)16(11)15/h4-7,10,21H,8-9,19H2,1-3H3/t10-/m1/s1. The van der Waals surface area contributed by atoms with Gasteiger partial charge in [0.25, 0.3) is 0 Å². The van der Waals surface area contributed by atoms with Crippen LogP contribution < -0.4 is 10.6 Å². The van der Waals surface area contributed by atoms with Gasteiger partial charge in [0.2, 0.25) is 0 Å². The van der Waals surface area contributed by atoms with Crippen LogP contribution in [0.15, 0.2) is 24.3 Å². The second-order valence-electron chi connectivity index (χ2n) is 6.73. The first kappa shape index (κ1) is 14.3. The highest BCUT2D eigenvalue weighted by atomic mass is 35.5. The van der Waals surface area contributed by atoms with Crippen molar-refractivity contribution in [3.05, 3.63) is 29.8 Å². The Bertz CT molecular complexity index is 706. The van der Waals surface area contributed by atoms with Crippen LogP contribution in [-0.4, -0.2) is 23.1 Å². The molecular formula is C17H21ClN2O. The van der Waals surface area contributed by atoms with Gasteiger partial charge >= 0.3 is 0 Å². The van der Waals surface area contributed by atoms with E-state index in [-0.39, 0.29) is 17.2 Å². The lowest BCUT2D eigenvalue weighted by molar-refractivity contribution is 0.479. The van der Waals surface area contributed by atoms with E-state index in [1.807, 2.05) is 24.3 Å². The number of rotatable bonds is 1. The van der Waals surface area contributed by atoms with Gasteiger partial charge in [0, 0.05) is 52.1 Å². The Morgan fingerprint density at radius 2 is 2.10 bits per heavy atom. The van der Waals surface area contributed by atoms with Gasteiger partial charge in [-0.05, 0) is 32.4 Å². The van der Waals surface area contributed by atoms with E-state index in [4.69, 9.17) is 17.3 Å². The van der Waals surface area contributed by atoms with Crippen molar-refractivity contribution in [3.63, 3.8) is 0 Å². The minimum Gasteiger partial charge on any atom is -0.507 e. The zero-order valence-corrected chi connectivity index (χ0v) is 13.4. The third-order valence-electron chi connectivity index (χ3n) is 4.29. The van der Waals surface area contributed by atoms with Crippen LogP contribution in [0, 0.1) is 0 Å². The second-order valence-corrected chi connectivity index (χ2v) is 7.04. The molecule has 1 aliphatic rings. The third-order valence-corrected chi connectivity index (χ3v) is 4.66. The monoisotopic (exact) mass is 304 g/mol. The maximum atomic E-state index is 10.4. The van der Waals surface area contributed by atoms with Gasteiger partial charge in [0.05, 0.1) is 0 Å². The van der Waals surface area contributed by atoms with Gasteiger partial charge in [0.1, 0.15) is 5.75 Å². The maximum Gasteiger partial charge on any atom is 0.125 e. The summed E-state index contributed by atoms with van der Waals surface area (Å²) in [6, 6.07) is 7.52. The largest absolute Gasteiger partial charge is 0.507 e. The van der Waals surface area contributed by atoms with Crippen LogP contribution in [0.4, 0.5) is 11.4 Å². The molecular weight excluding hydrogens is 284 g/mol. The van der Waals surface area contributed by atoms with Crippen LogP contribution >= 0.6 is 11.6 Å². The second kappa shape index (κ2) is 4.70. The molecule has 1 heterocycles. The molecule has 1 aliphatic heterocycles. The van der Waals surface area contributed by atoms with E-state index < -0.39 is 0 Å². The first-order valence-electron chi connectivity index (χ1n) is 7.22. The molecule has 0 amide bonds. The number of benzene rings is 2. The smallest absolute Gasteiger partial charge is 0.125 e. The van der Waals surface area contributed by atoms with Crippen molar-refractivity contribution >= 4 is 33.7 Å². The highest BCUT2D eigenvalue weighted by Gasteiger charge is 2.36. The summed E-state index contributed by atoms with van der Waals surface area (Å²) in [6.45, 7) is 7.37. The van der Waals surface area contributed by atoms with Crippen molar-refractivity contribution in [1.29, 1.82) is 0 Å². The molecule has 0 bridgehead atoms. The quantitative estimate of drug-likeness (QED) is 0.617. The Hall–Kier alpha value is -1.61.